The standard InChI is InChI=1S/C9H16N6O2/c10-7-13-6-4(3-16)12-8(11)15-2-1-5(17)9(6,15)14-7/h4-6,16-17H,1-3H2,(H2,11,12)(H3,10,13,14). The number of nitrogens with one attached hydrogen (secondary N) is 1. The lowest BCUT2D eigenvalue weighted by Gasteiger charge is -2.46. The molecule has 0 amide bonds. The number of nitrogens with two attached hydrogens (primary N) is 2. The molecule has 0 bridgehead atoms. The van der Waals surface area contributed by atoms with Gasteiger partial charge in [0.25, 0.3) is 0 Å². The lowest BCUT2D eigenvalue weighted by atomic mass is 9.89. The topological polar surface area (TPSA) is 132 Å². The molecule has 7 N–H and O–H groups in total. The first-order valence-corrected chi connectivity index (χ1v) is 5.61. The van der Waals surface area contributed by atoms with Crippen LogP contribution in [0.15, 0.2) is 9.98 Å². The summed E-state index contributed by atoms with van der Waals surface area (Å²) in [4.78, 5) is 10.2. The minimum absolute atomic E-state index is 0.174. The van der Waals surface area contributed by atoms with Crippen LogP contribution in [0.4, 0.5) is 0 Å². The summed E-state index contributed by atoms with van der Waals surface area (Å²) in [7, 11) is 0. The fraction of sp³-hybridized carbons (Fsp3) is 0.778. The third-order valence-electron chi connectivity index (χ3n) is 3.76. The van der Waals surface area contributed by atoms with Crippen LogP contribution in [0.1, 0.15) is 6.42 Å². The molecule has 3 rings (SSSR count). The molecular formula is C9H16N6O2. The number of nitrogens with zero attached hydrogens (tertiary/aromatic N) is 3. The van der Waals surface area contributed by atoms with E-state index in [1.165, 1.54) is 0 Å². The second-order valence-corrected chi connectivity index (χ2v) is 4.60. The Labute approximate surface area is 98.0 Å². The fourth-order valence-corrected chi connectivity index (χ4v) is 3.04. The monoisotopic (exact) mass is 240 g/mol. The fourth-order valence-electron chi connectivity index (χ4n) is 3.04. The maximum Gasteiger partial charge on any atom is 0.193 e. The summed E-state index contributed by atoms with van der Waals surface area (Å²) < 4.78 is 0. The Hall–Kier alpha value is -1.54. The molecule has 0 aliphatic carbocycles. The van der Waals surface area contributed by atoms with E-state index in [1.807, 2.05) is 0 Å². The molecule has 4 unspecified atom stereocenters. The Morgan fingerprint density at radius 3 is 2.94 bits per heavy atom. The quantitative estimate of drug-likeness (QED) is 0.326. The van der Waals surface area contributed by atoms with Crippen molar-refractivity contribution in [2.75, 3.05) is 13.2 Å². The predicted octanol–water partition coefficient (Wildman–Crippen LogP) is -3.27. The van der Waals surface area contributed by atoms with Gasteiger partial charge in [-0.3, -0.25) is 0 Å². The van der Waals surface area contributed by atoms with Gasteiger partial charge in [-0.05, 0) is 6.42 Å². The zero-order valence-electron chi connectivity index (χ0n) is 9.24. The van der Waals surface area contributed by atoms with E-state index in [-0.39, 0.29) is 12.6 Å². The van der Waals surface area contributed by atoms with Crippen LogP contribution in [0, 0.1) is 0 Å². The minimum Gasteiger partial charge on any atom is -0.394 e. The molecule has 0 aromatic heterocycles. The first-order valence-electron chi connectivity index (χ1n) is 5.61. The largest absolute Gasteiger partial charge is 0.394 e. The number of guanidine groups is 2. The third-order valence-corrected chi connectivity index (χ3v) is 3.76. The van der Waals surface area contributed by atoms with E-state index in [0.29, 0.717) is 18.9 Å². The second-order valence-electron chi connectivity index (χ2n) is 4.60. The normalized spacial score (nSPS) is 43.6. The number of hydrogen-bond donors (Lipinski definition) is 5. The molecule has 3 aliphatic rings. The molecule has 0 saturated carbocycles. The van der Waals surface area contributed by atoms with Crippen molar-refractivity contribution in [3.05, 3.63) is 0 Å². The molecule has 3 heterocycles. The van der Waals surface area contributed by atoms with Gasteiger partial charge < -0.3 is 31.9 Å². The summed E-state index contributed by atoms with van der Waals surface area (Å²) in [6.45, 7) is 0.424. The van der Waals surface area contributed by atoms with E-state index in [9.17, 15) is 10.2 Å². The van der Waals surface area contributed by atoms with Gasteiger partial charge in [-0.2, -0.15) is 0 Å². The van der Waals surface area contributed by atoms with Crippen LogP contribution in [-0.2, 0) is 0 Å². The van der Waals surface area contributed by atoms with Gasteiger partial charge in [0, 0.05) is 6.54 Å². The average molecular weight is 240 g/mol. The molecular weight excluding hydrogens is 224 g/mol. The third kappa shape index (κ3) is 1.14. The molecule has 4 atom stereocenters. The van der Waals surface area contributed by atoms with Crippen LogP contribution in [-0.4, -0.2) is 64.0 Å². The first kappa shape index (κ1) is 10.6. The van der Waals surface area contributed by atoms with Crippen LogP contribution in [0.2, 0.25) is 0 Å². The molecule has 0 aromatic carbocycles. The highest BCUT2D eigenvalue weighted by Crippen LogP contribution is 2.39. The van der Waals surface area contributed by atoms with Gasteiger partial charge in [0.2, 0.25) is 0 Å². The van der Waals surface area contributed by atoms with Gasteiger partial charge in [-0.25, -0.2) is 9.98 Å². The van der Waals surface area contributed by atoms with Crippen molar-refractivity contribution in [1.29, 1.82) is 0 Å². The Morgan fingerprint density at radius 1 is 1.47 bits per heavy atom. The van der Waals surface area contributed by atoms with Crippen LogP contribution in [0.5, 0.6) is 0 Å². The second kappa shape index (κ2) is 3.23. The van der Waals surface area contributed by atoms with Crippen LogP contribution in [0.25, 0.3) is 0 Å². The highest BCUT2D eigenvalue weighted by molar-refractivity contribution is 5.86. The van der Waals surface area contributed by atoms with Crippen molar-refractivity contribution >= 4 is 11.9 Å². The highest BCUT2D eigenvalue weighted by atomic mass is 16.3. The van der Waals surface area contributed by atoms with Gasteiger partial charge in [0.15, 0.2) is 17.6 Å². The maximum atomic E-state index is 10.2. The molecule has 94 valence electrons. The Bertz CT molecular complexity index is 410. The number of rotatable bonds is 1. The lowest BCUT2D eigenvalue weighted by molar-refractivity contribution is 0.0164. The summed E-state index contributed by atoms with van der Waals surface area (Å²) in [6, 6.07) is -0.871. The van der Waals surface area contributed by atoms with E-state index in [0.717, 1.165) is 0 Å². The van der Waals surface area contributed by atoms with Gasteiger partial charge in [-0.15, -0.1) is 0 Å². The van der Waals surface area contributed by atoms with Crippen molar-refractivity contribution in [1.82, 2.24) is 10.2 Å². The molecule has 0 aromatic rings. The number of aliphatic imine (C=N–C) groups is 2. The summed E-state index contributed by atoms with van der Waals surface area (Å²) in [5, 5.41) is 22.6. The van der Waals surface area contributed by atoms with Crippen molar-refractivity contribution in [3.8, 4) is 0 Å². The molecule has 1 saturated heterocycles. The highest BCUT2D eigenvalue weighted by Gasteiger charge is 2.62. The molecule has 17 heavy (non-hydrogen) atoms. The minimum atomic E-state index is -0.830. The summed E-state index contributed by atoms with van der Waals surface area (Å²) in [5.74, 6) is 0.568. The van der Waals surface area contributed by atoms with Crippen molar-refractivity contribution < 1.29 is 10.2 Å². The SMILES string of the molecule is NC1=NC2C(CO)N=C(N)N3CCC(O)C23N1. The number of aliphatic hydroxyl groups is 2. The van der Waals surface area contributed by atoms with E-state index < -0.39 is 23.9 Å². The zero-order chi connectivity index (χ0) is 12.2. The number of aliphatic hydroxyl groups excluding tert-OH is 2. The molecule has 8 heteroatoms. The molecule has 8 nitrogen and oxygen atoms in total. The van der Waals surface area contributed by atoms with Gasteiger partial charge in [0.1, 0.15) is 12.1 Å². The van der Waals surface area contributed by atoms with Gasteiger partial charge >= 0.3 is 0 Å². The number of hydrogen-bond acceptors (Lipinski definition) is 8. The zero-order valence-corrected chi connectivity index (χ0v) is 9.24. The smallest absolute Gasteiger partial charge is 0.193 e. The van der Waals surface area contributed by atoms with E-state index >= 15 is 0 Å². The van der Waals surface area contributed by atoms with Crippen LogP contribution in [0.3, 0.4) is 0 Å². The molecule has 0 radical (unpaired) electrons. The average Bonchev–Trinajstić information content (AvgIpc) is 2.80. The van der Waals surface area contributed by atoms with Crippen molar-refractivity contribution in [2.45, 2.75) is 30.3 Å². The van der Waals surface area contributed by atoms with E-state index in [4.69, 9.17) is 11.5 Å². The lowest BCUT2D eigenvalue weighted by Crippen LogP contribution is -2.72. The molecule has 1 spiro atoms. The summed E-state index contributed by atoms with van der Waals surface area (Å²) in [5.41, 5.74) is 10.7. The van der Waals surface area contributed by atoms with Crippen molar-refractivity contribution in [3.63, 3.8) is 0 Å². The first-order chi connectivity index (χ1) is 8.09. The van der Waals surface area contributed by atoms with E-state index in [1.54, 1.807) is 4.90 Å². The maximum absolute atomic E-state index is 10.2. The predicted molar refractivity (Wildman–Crippen MR) is 61.1 cm³/mol. The van der Waals surface area contributed by atoms with Gasteiger partial charge in [0.05, 0.1) is 12.7 Å². The molecule has 1 fully saturated rings. The Kier molecular flexibility index (Phi) is 2.02. The summed E-state index contributed by atoms with van der Waals surface area (Å²) >= 11 is 0. The van der Waals surface area contributed by atoms with Crippen molar-refractivity contribution in [2.24, 2.45) is 21.5 Å². The van der Waals surface area contributed by atoms with E-state index in [2.05, 4.69) is 15.3 Å². The van der Waals surface area contributed by atoms with Gasteiger partial charge in [-0.1, -0.05) is 0 Å². The van der Waals surface area contributed by atoms with Crippen LogP contribution < -0.4 is 16.8 Å². The Balaban J connectivity index is 2.10. The summed E-state index contributed by atoms with van der Waals surface area (Å²) in [6.07, 6.45) is -0.0684. The Morgan fingerprint density at radius 2 is 2.24 bits per heavy atom. The molecule has 3 aliphatic heterocycles. The van der Waals surface area contributed by atoms with Crippen LogP contribution >= 0.6 is 0 Å².